The monoisotopic (exact) mass is 281 g/mol. The molecule has 1 atom stereocenters. The van der Waals surface area contributed by atoms with Crippen molar-refractivity contribution in [3.8, 4) is 11.5 Å². The normalized spacial score (nSPS) is 18.8. The lowest BCUT2D eigenvalue weighted by Gasteiger charge is -2.26. The lowest BCUT2D eigenvalue weighted by atomic mass is 10.0. The number of ketones is 1. The summed E-state index contributed by atoms with van der Waals surface area (Å²) in [6, 6.07) is 13.4. The van der Waals surface area contributed by atoms with Gasteiger partial charge in [0.05, 0.1) is 24.4 Å². The van der Waals surface area contributed by atoms with Gasteiger partial charge in [0, 0.05) is 6.42 Å². The predicted octanol–water partition coefficient (Wildman–Crippen LogP) is 2.68. The number of benzene rings is 2. The maximum atomic E-state index is 12.7. The zero-order valence-electron chi connectivity index (χ0n) is 11.5. The second-order valence-corrected chi connectivity index (χ2v) is 5.24. The summed E-state index contributed by atoms with van der Waals surface area (Å²) in [4.78, 5) is 12.7. The Kier molecular flexibility index (Phi) is 2.81. The third-order valence-corrected chi connectivity index (χ3v) is 3.91. The Hall–Kier alpha value is -2.49. The first-order valence-electron chi connectivity index (χ1n) is 7.11. The van der Waals surface area contributed by atoms with Gasteiger partial charge in [-0.25, -0.2) is 0 Å². The Morgan fingerprint density at radius 1 is 1.14 bits per heavy atom. The molecule has 0 saturated carbocycles. The summed E-state index contributed by atoms with van der Waals surface area (Å²) < 4.78 is 11.5. The lowest BCUT2D eigenvalue weighted by Crippen LogP contribution is -2.37. The molecule has 1 unspecified atom stereocenters. The molecule has 2 aliphatic rings. The molecule has 0 aromatic heterocycles. The molecule has 2 aromatic carbocycles. The summed E-state index contributed by atoms with van der Waals surface area (Å²) in [6.07, 6.45) is 0.346. The van der Waals surface area contributed by atoms with Crippen LogP contribution in [-0.4, -0.2) is 25.0 Å². The number of ether oxygens (including phenoxy) is 2. The van der Waals surface area contributed by atoms with Gasteiger partial charge < -0.3 is 14.8 Å². The minimum atomic E-state index is -0.518. The smallest absolute Gasteiger partial charge is 0.208 e. The number of fused-ring (bicyclic) bond motifs is 2. The topological polar surface area (TPSA) is 47.6 Å². The summed E-state index contributed by atoms with van der Waals surface area (Å²) >= 11 is 0. The average molecular weight is 281 g/mol. The van der Waals surface area contributed by atoms with Gasteiger partial charge in [-0.05, 0) is 23.8 Å². The van der Waals surface area contributed by atoms with Crippen LogP contribution in [0.1, 0.15) is 15.9 Å². The Balaban J connectivity index is 1.64. The molecular weight excluding hydrogens is 266 g/mol. The highest BCUT2D eigenvalue weighted by atomic mass is 16.5. The van der Waals surface area contributed by atoms with Crippen molar-refractivity contribution in [1.29, 1.82) is 0 Å². The highest BCUT2D eigenvalue weighted by Gasteiger charge is 2.30. The number of anilines is 1. The van der Waals surface area contributed by atoms with Crippen LogP contribution >= 0.6 is 0 Å². The molecule has 0 aliphatic carbocycles. The van der Waals surface area contributed by atoms with E-state index in [1.807, 2.05) is 42.5 Å². The van der Waals surface area contributed by atoms with Gasteiger partial charge in [0.25, 0.3) is 0 Å². The Morgan fingerprint density at radius 2 is 2.05 bits per heavy atom. The van der Waals surface area contributed by atoms with Crippen LogP contribution in [0.25, 0.3) is 0 Å². The van der Waals surface area contributed by atoms with E-state index in [9.17, 15) is 4.79 Å². The molecule has 4 nitrogen and oxygen atoms in total. The standard InChI is InChI=1S/C17H15NO3/c19-16(12-5-3-4-11-8-9-20-17(11)12)15-10-18-13-6-1-2-7-14(13)21-15/h1-7,15,18H,8-10H2. The fourth-order valence-electron chi connectivity index (χ4n) is 2.84. The van der Waals surface area contributed by atoms with Crippen molar-refractivity contribution in [2.45, 2.75) is 12.5 Å². The van der Waals surface area contributed by atoms with Gasteiger partial charge in [-0.15, -0.1) is 0 Å². The van der Waals surface area contributed by atoms with Crippen LogP contribution in [-0.2, 0) is 6.42 Å². The quantitative estimate of drug-likeness (QED) is 0.860. The third kappa shape index (κ3) is 2.03. The van der Waals surface area contributed by atoms with Crippen LogP contribution in [0.4, 0.5) is 5.69 Å². The molecule has 0 spiro atoms. The molecule has 0 saturated heterocycles. The number of Topliss-reactive ketones (excluding diaryl/α,β-unsaturated/α-hetero) is 1. The minimum Gasteiger partial charge on any atom is -0.492 e. The van der Waals surface area contributed by atoms with Crippen molar-refractivity contribution in [3.63, 3.8) is 0 Å². The van der Waals surface area contributed by atoms with Crippen LogP contribution in [0.2, 0.25) is 0 Å². The third-order valence-electron chi connectivity index (χ3n) is 3.91. The number of hydrogen-bond donors (Lipinski definition) is 1. The fourth-order valence-corrected chi connectivity index (χ4v) is 2.84. The zero-order valence-corrected chi connectivity index (χ0v) is 11.5. The van der Waals surface area contributed by atoms with Crippen molar-refractivity contribution in [2.75, 3.05) is 18.5 Å². The van der Waals surface area contributed by atoms with Crippen molar-refractivity contribution < 1.29 is 14.3 Å². The minimum absolute atomic E-state index is 0.0317. The molecule has 0 fully saturated rings. The van der Waals surface area contributed by atoms with E-state index < -0.39 is 6.10 Å². The Bertz CT molecular complexity index is 711. The molecule has 1 N–H and O–H groups in total. The number of carbonyl (C=O) groups excluding carboxylic acids is 1. The van der Waals surface area contributed by atoms with Crippen LogP contribution in [0.3, 0.4) is 0 Å². The number of rotatable bonds is 2. The SMILES string of the molecule is O=C(c1cccc2c1OCC2)C1CNc2ccccc2O1. The van der Waals surface area contributed by atoms with E-state index >= 15 is 0 Å². The zero-order chi connectivity index (χ0) is 14.2. The highest BCUT2D eigenvalue weighted by molar-refractivity contribution is 6.03. The largest absolute Gasteiger partial charge is 0.492 e. The molecule has 0 bridgehead atoms. The molecule has 2 aliphatic heterocycles. The summed E-state index contributed by atoms with van der Waals surface area (Å²) in [5.41, 5.74) is 2.65. The van der Waals surface area contributed by atoms with Crippen LogP contribution < -0.4 is 14.8 Å². The van der Waals surface area contributed by atoms with Gasteiger partial charge in [-0.3, -0.25) is 4.79 Å². The van der Waals surface area contributed by atoms with Gasteiger partial charge in [0.2, 0.25) is 5.78 Å². The maximum Gasteiger partial charge on any atom is 0.208 e. The lowest BCUT2D eigenvalue weighted by molar-refractivity contribution is 0.0798. The second kappa shape index (κ2) is 4.81. The Labute approximate surface area is 122 Å². The first kappa shape index (κ1) is 12.3. The molecule has 21 heavy (non-hydrogen) atoms. The fraction of sp³-hybridized carbons (Fsp3) is 0.235. The van der Waals surface area contributed by atoms with E-state index in [0.717, 1.165) is 29.2 Å². The van der Waals surface area contributed by atoms with Crippen LogP contribution in [0.5, 0.6) is 11.5 Å². The van der Waals surface area contributed by atoms with Crippen molar-refractivity contribution in [3.05, 3.63) is 53.6 Å². The molecule has 4 heteroatoms. The van der Waals surface area contributed by atoms with Gasteiger partial charge in [-0.1, -0.05) is 24.3 Å². The van der Waals surface area contributed by atoms with E-state index in [4.69, 9.17) is 9.47 Å². The van der Waals surface area contributed by atoms with Crippen LogP contribution in [0.15, 0.2) is 42.5 Å². The van der Waals surface area contributed by atoms with Crippen molar-refractivity contribution in [1.82, 2.24) is 0 Å². The van der Waals surface area contributed by atoms with Gasteiger partial charge in [0.1, 0.15) is 11.5 Å². The molecule has 2 aromatic rings. The van der Waals surface area contributed by atoms with E-state index in [0.29, 0.717) is 18.7 Å². The predicted molar refractivity (Wildman–Crippen MR) is 79.3 cm³/mol. The number of hydrogen-bond acceptors (Lipinski definition) is 4. The first-order chi connectivity index (χ1) is 10.3. The number of nitrogens with one attached hydrogen (secondary N) is 1. The van der Waals surface area contributed by atoms with Gasteiger partial charge >= 0.3 is 0 Å². The maximum absolute atomic E-state index is 12.7. The molecule has 0 radical (unpaired) electrons. The summed E-state index contributed by atoms with van der Waals surface area (Å²) in [6.45, 7) is 1.12. The van der Waals surface area contributed by atoms with Crippen LogP contribution in [0, 0.1) is 0 Å². The van der Waals surface area contributed by atoms with E-state index in [-0.39, 0.29) is 5.78 Å². The molecule has 106 valence electrons. The first-order valence-corrected chi connectivity index (χ1v) is 7.11. The second-order valence-electron chi connectivity index (χ2n) is 5.24. The molecular formula is C17H15NO3. The van der Waals surface area contributed by atoms with Gasteiger partial charge in [0.15, 0.2) is 6.10 Å². The number of carbonyl (C=O) groups is 1. The summed E-state index contributed by atoms with van der Waals surface area (Å²) in [5, 5.41) is 3.24. The van der Waals surface area contributed by atoms with Crippen molar-refractivity contribution >= 4 is 11.5 Å². The molecule has 2 heterocycles. The van der Waals surface area contributed by atoms with E-state index in [1.54, 1.807) is 0 Å². The summed E-state index contributed by atoms with van der Waals surface area (Å²) in [5.74, 6) is 1.41. The van der Waals surface area contributed by atoms with E-state index in [2.05, 4.69) is 5.32 Å². The Morgan fingerprint density at radius 3 is 3.00 bits per heavy atom. The van der Waals surface area contributed by atoms with E-state index in [1.165, 1.54) is 0 Å². The summed E-state index contributed by atoms with van der Waals surface area (Å²) in [7, 11) is 0. The molecule has 0 amide bonds. The molecule has 4 rings (SSSR count). The highest BCUT2D eigenvalue weighted by Crippen LogP contribution is 2.33. The number of para-hydroxylation sites is 3. The van der Waals surface area contributed by atoms with Crippen molar-refractivity contribution in [2.24, 2.45) is 0 Å². The average Bonchev–Trinajstić information content (AvgIpc) is 3.02. The van der Waals surface area contributed by atoms with Gasteiger partial charge in [-0.2, -0.15) is 0 Å².